The molecule has 1 saturated carbocycles. The number of halogens is 2. The summed E-state index contributed by atoms with van der Waals surface area (Å²) in [4.78, 5) is 18.3. The molecular formula is C24H25F2N7O3S. The summed E-state index contributed by atoms with van der Waals surface area (Å²) in [5.41, 5.74) is 1.59. The second-order valence-corrected chi connectivity index (χ2v) is 9.45. The van der Waals surface area contributed by atoms with Gasteiger partial charge in [-0.05, 0) is 43.4 Å². The van der Waals surface area contributed by atoms with E-state index in [0.717, 1.165) is 4.90 Å². The number of fused-ring (bicyclic) bond motifs is 1. The van der Waals surface area contributed by atoms with Gasteiger partial charge in [0.25, 0.3) is 5.91 Å². The lowest BCUT2D eigenvalue weighted by Crippen LogP contribution is -2.45. The quantitative estimate of drug-likeness (QED) is 0.268. The van der Waals surface area contributed by atoms with Crippen LogP contribution >= 0.6 is 11.8 Å². The molecule has 1 aliphatic carbocycles. The fourth-order valence-corrected chi connectivity index (χ4v) is 4.60. The first-order valence-electron chi connectivity index (χ1n) is 11.6. The average Bonchev–Trinajstić information content (AvgIpc) is 3.47. The highest BCUT2D eigenvalue weighted by molar-refractivity contribution is 7.98. The van der Waals surface area contributed by atoms with Crippen LogP contribution in [0.25, 0.3) is 16.9 Å². The molecule has 0 atom stereocenters. The molecule has 13 heteroatoms. The molecule has 1 aliphatic rings. The third kappa shape index (κ3) is 5.58. The Hall–Kier alpha value is -3.55. The van der Waals surface area contributed by atoms with Crippen molar-refractivity contribution in [2.45, 2.75) is 43.0 Å². The summed E-state index contributed by atoms with van der Waals surface area (Å²) in [7, 11) is 0. The summed E-state index contributed by atoms with van der Waals surface area (Å²) in [5, 5.41) is 24.5. The fourth-order valence-electron chi connectivity index (χ4n) is 4.16. The Morgan fingerprint density at radius 2 is 2.19 bits per heavy atom. The molecule has 0 spiro atoms. The van der Waals surface area contributed by atoms with E-state index in [-0.39, 0.29) is 23.5 Å². The summed E-state index contributed by atoms with van der Waals surface area (Å²) < 4.78 is 34.3. The zero-order valence-corrected chi connectivity index (χ0v) is 20.7. The van der Waals surface area contributed by atoms with E-state index < -0.39 is 12.5 Å². The van der Waals surface area contributed by atoms with Gasteiger partial charge >= 0.3 is 6.61 Å². The van der Waals surface area contributed by atoms with Crippen molar-refractivity contribution in [1.29, 1.82) is 0 Å². The maximum absolute atomic E-state index is 13.2. The highest BCUT2D eigenvalue weighted by Gasteiger charge is 2.26. The van der Waals surface area contributed by atoms with Gasteiger partial charge in [0.1, 0.15) is 17.0 Å². The number of anilines is 1. The number of rotatable bonds is 10. The van der Waals surface area contributed by atoms with Gasteiger partial charge in [-0.1, -0.05) is 0 Å². The molecule has 3 aromatic heterocycles. The number of aliphatic hydroxyl groups excluding tert-OH is 1. The van der Waals surface area contributed by atoms with Crippen LogP contribution < -0.4 is 15.4 Å². The van der Waals surface area contributed by atoms with E-state index in [4.69, 9.17) is 4.74 Å². The van der Waals surface area contributed by atoms with Crippen LogP contribution in [0.3, 0.4) is 0 Å². The van der Waals surface area contributed by atoms with Gasteiger partial charge in [-0.15, -0.1) is 11.8 Å². The third-order valence-electron chi connectivity index (χ3n) is 6.08. The Morgan fingerprint density at radius 3 is 2.95 bits per heavy atom. The maximum Gasteiger partial charge on any atom is 0.387 e. The zero-order chi connectivity index (χ0) is 25.9. The van der Waals surface area contributed by atoms with Crippen molar-refractivity contribution in [3.8, 4) is 17.0 Å². The van der Waals surface area contributed by atoms with Crippen molar-refractivity contribution in [1.82, 2.24) is 29.7 Å². The molecule has 5 rings (SSSR count). The highest BCUT2D eigenvalue weighted by Crippen LogP contribution is 2.37. The predicted molar refractivity (Wildman–Crippen MR) is 134 cm³/mol. The normalized spacial score (nSPS) is 17.2. The number of benzene rings is 1. The van der Waals surface area contributed by atoms with Gasteiger partial charge in [0.15, 0.2) is 5.65 Å². The molecular weight excluding hydrogens is 504 g/mol. The molecule has 10 nitrogen and oxygen atoms in total. The van der Waals surface area contributed by atoms with Crippen LogP contribution in [0.4, 0.5) is 14.5 Å². The van der Waals surface area contributed by atoms with Gasteiger partial charge in [-0.25, -0.2) is 9.50 Å². The molecule has 1 fully saturated rings. The molecule has 4 aromatic rings. The number of amides is 1. The van der Waals surface area contributed by atoms with E-state index in [1.807, 2.05) is 6.26 Å². The standard InChI is InChI=1S/C24H25F2N7O3S/c1-37-16-3-4-20(36-24(25)26)17(11-16)21-19(13-32(31-21)8-6-27-14-9-15(34)10-14)30-23(35)18-12-29-33-7-2-5-28-22(18)33/h2-5,7,11-15,24,27,34H,6,8-10H2,1H3,(H,30,35)/t14-,15-. The lowest BCUT2D eigenvalue weighted by molar-refractivity contribution is -0.0494. The summed E-state index contributed by atoms with van der Waals surface area (Å²) in [6.45, 7) is -1.98. The number of aliphatic hydroxyl groups is 1. The molecule has 0 aliphatic heterocycles. The molecule has 0 radical (unpaired) electrons. The number of thioether (sulfide) groups is 1. The lowest BCUT2D eigenvalue weighted by atomic mass is 9.90. The molecule has 0 saturated heterocycles. The van der Waals surface area contributed by atoms with Gasteiger partial charge in [0.05, 0.1) is 24.5 Å². The smallest absolute Gasteiger partial charge is 0.387 e. The first-order chi connectivity index (χ1) is 17.9. The predicted octanol–water partition coefficient (Wildman–Crippen LogP) is 3.28. The first-order valence-corrected chi connectivity index (χ1v) is 12.9. The van der Waals surface area contributed by atoms with Crippen LogP contribution in [0.2, 0.25) is 0 Å². The summed E-state index contributed by atoms with van der Waals surface area (Å²) in [6, 6.07) is 6.80. The van der Waals surface area contributed by atoms with Crippen molar-refractivity contribution >= 4 is 29.0 Å². The number of nitrogens with one attached hydrogen (secondary N) is 2. The SMILES string of the molecule is CSc1ccc(OC(F)F)c(-c2nn(CCN[C@H]3C[C@H](O)C3)cc2NC(=O)c2cnn3cccnc23)c1. The number of hydrogen-bond acceptors (Lipinski definition) is 8. The van der Waals surface area contributed by atoms with E-state index in [9.17, 15) is 18.7 Å². The largest absolute Gasteiger partial charge is 0.434 e. The van der Waals surface area contributed by atoms with Crippen LogP contribution in [0.1, 0.15) is 23.2 Å². The Balaban J connectivity index is 1.47. The molecule has 3 heterocycles. The van der Waals surface area contributed by atoms with Crippen LogP contribution in [0, 0.1) is 0 Å². The second-order valence-electron chi connectivity index (χ2n) is 8.57. The topological polar surface area (TPSA) is 119 Å². The van der Waals surface area contributed by atoms with E-state index in [2.05, 4.69) is 25.8 Å². The maximum atomic E-state index is 13.2. The number of nitrogens with zero attached hydrogens (tertiary/aromatic N) is 5. The molecule has 1 aromatic carbocycles. The fraction of sp³-hybridized carbons (Fsp3) is 0.333. The van der Waals surface area contributed by atoms with E-state index in [1.165, 1.54) is 28.5 Å². The molecule has 0 unspecified atom stereocenters. The minimum Gasteiger partial charge on any atom is -0.434 e. The first kappa shape index (κ1) is 25.1. The molecule has 1 amide bonds. The molecule has 37 heavy (non-hydrogen) atoms. The van der Waals surface area contributed by atoms with E-state index in [0.29, 0.717) is 48.5 Å². The van der Waals surface area contributed by atoms with Crippen LogP contribution in [-0.4, -0.2) is 67.0 Å². The van der Waals surface area contributed by atoms with Crippen LogP contribution in [0.5, 0.6) is 5.75 Å². The van der Waals surface area contributed by atoms with Gasteiger partial charge in [0, 0.05) is 41.6 Å². The second kappa shape index (κ2) is 10.8. The van der Waals surface area contributed by atoms with Crippen LogP contribution in [0.15, 0.2) is 53.9 Å². The minimum absolute atomic E-state index is 0.0484. The van der Waals surface area contributed by atoms with E-state index in [1.54, 1.807) is 41.5 Å². The Labute approximate surface area is 215 Å². The van der Waals surface area contributed by atoms with Gasteiger partial charge in [-0.3, -0.25) is 9.48 Å². The van der Waals surface area contributed by atoms with Crippen molar-refractivity contribution < 1.29 is 23.4 Å². The lowest BCUT2D eigenvalue weighted by Gasteiger charge is -2.32. The Kier molecular flexibility index (Phi) is 7.35. The number of hydrogen-bond donors (Lipinski definition) is 3. The number of carbonyl (C=O) groups excluding carboxylic acids is 1. The summed E-state index contributed by atoms with van der Waals surface area (Å²) >= 11 is 1.44. The van der Waals surface area contributed by atoms with Gasteiger partial charge < -0.3 is 20.5 Å². The van der Waals surface area contributed by atoms with Crippen molar-refractivity contribution in [2.24, 2.45) is 0 Å². The Morgan fingerprint density at radius 1 is 1.35 bits per heavy atom. The number of carbonyl (C=O) groups is 1. The Bertz CT molecular complexity index is 1400. The number of alkyl halides is 2. The van der Waals surface area contributed by atoms with Crippen molar-refractivity contribution in [3.05, 3.63) is 54.6 Å². The summed E-state index contributed by atoms with van der Waals surface area (Å²) in [6.07, 6.45) is 9.33. The molecule has 194 valence electrons. The van der Waals surface area contributed by atoms with Crippen molar-refractivity contribution in [3.63, 3.8) is 0 Å². The zero-order valence-electron chi connectivity index (χ0n) is 19.8. The van der Waals surface area contributed by atoms with Crippen molar-refractivity contribution in [2.75, 3.05) is 18.1 Å². The molecule has 3 N–H and O–H groups in total. The number of aromatic nitrogens is 5. The number of ether oxygens (including phenoxy) is 1. The van der Waals surface area contributed by atoms with Gasteiger partial charge in [0.2, 0.25) is 0 Å². The minimum atomic E-state index is -3.02. The summed E-state index contributed by atoms with van der Waals surface area (Å²) in [5.74, 6) is -0.513. The third-order valence-corrected chi connectivity index (χ3v) is 6.80. The molecule has 0 bridgehead atoms. The monoisotopic (exact) mass is 529 g/mol. The van der Waals surface area contributed by atoms with Gasteiger partial charge in [-0.2, -0.15) is 19.0 Å². The highest BCUT2D eigenvalue weighted by atomic mass is 32.2. The van der Waals surface area contributed by atoms with E-state index >= 15 is 0 Å². The van der Waals surface area contributed by atoms with Crippen LogP contribution in [-0.2, 0) is 6.54 Å². The average molecular weight is 530 g/mol.